The van der Waals surface area contributed by atoms with Gasteiger partial charge >= 0.3 is 0 Å². The molecule has 8 heteroatoms. The van der Waals surface area contributed by atoms with Crippen LogP contribution in [0.4, 0.5) is 5.69 Å². The molecule has 0 radical (unpaired) electrons. The van der Waals surface area contributed by atoms with Crippen LogP contribution in [0.1, 0.15) is 30.6 Å². The van der Waals surface area contributed by atoms with Gasteiger partial charge < -0.3 is 29.8 Å². The van der Waals surface area contributed by atoms with Crippen LogP contribution < -0.4 is 16.0 Å². The van der Waals surface area contributed by atoms with Crippen molar-refractivity contribution in [1.82, 2.24) is 10.6 Å². The normalized spacial score (nSPS) is 16.4. The van der Waals surface area contributed by atoms with Crippen LogP contribution in [0.2, 0.25) is 0 Å². The average molecular weight is 415 g/mol. The van der Waals surface area contributed by atoms with Crippen LogP contribution in [0.25, 0.3) is 0 Å². The van der Waals surface area contributed by atoms with Crippen molar-refractivity contribution in [1.29, 1.82) is 0 Å². The second-order valence-electron chi connectivity index (χ2n) is 7.03. The van der Waals surface area contributed by atoms with Gasteiger partial charge in [0.2, 0.25) is 0 Å². The summed E-state index contributed by atoms with van der Waals surface area (Å²) in [4.78, 5) is 16.4. The summed E-state index contributed by atoms with van der Waals surface area (Å²) < 4.78 is 16.2. The van der Waals surface area contributed by atoms with Gasteiger partial charge in [-0.2, -0.15) is 0 Å². The lowest BCUT2D eigenvalue weighted by molar-refractivity contribution is -0.124. The molecule has 1 atom stereocenters. The summed E-state index contributed by atoms with van der Waals surface area (Å²) in [5.41, 5.74) is 1.82. The Kier molecular flexibility index (Phi) is 8.74. The van der Waals surface area contributed by atoms with E-state index >= 15 is 0 Å². The fourth-order valence-electron chi connectivity index (χ4n) is 3.12. The molecule has 2 aromatic rings. The zero-order valence-electron chi connectivity index (χ0n) is 17.4. The van der Waals surface area contributed by atoms with Crippen LogP contribution in [0.3, 0.4) is 0 Å². The molecule has 2 heterocycles. The molecule has 1 aromatic carbocycles. The number of hydrogen-bond donors (Lipinski definition) is 3. The third-order valence-corrected chi connectivity index (χ3v) is 4.68. The van der Waals surface area contributed by atoms with Crippen molar-refractivity contribution in [2.75, 3.05) is 32.1 Å². The number of guanidine groups is 1. The van der Waals surface area contributed by atoms with E-state index in [-0.39, 0.29) is 12.0 Å². The first kappa shape index (κ1) is 21.9. The Morgan fingerprint density at radius 1 is 1.27 bits per heavy atom. The summed E-state index contributed by atoms with van der Waals surface area (Å²) in [6.45, 7) is 3.12. The first-order chi connectivity index (χ1) is 14.7. The van der Waals surface area contributed by atoms with E-state index in [1.807, 2.05) is 36.4 Å². The first-order valence-electron chi connectivity index (χ1n) is 10.3. The Bertz CT molecular complexity index is 801. The number of benzene rings is 1. The van der Waals surface area contributed by atoms with Crippen molar-refractivity contribution < 1.29 is 18.7 Å². The zero-order chi connectivity index (χ0) is 21.0. The van der Waals surface area contributed by atoms with Crippen molar-refractivity contribution in [2.45, 2.75) is 38.5 Å². The van der Waals surface area contributed by atoms with E-state index in [2.05, 4.69) is 20.9 Å². The zero-order valence-corrected chi connectivity index (χ0v) is 17.4. The Labute approximate surface area is 177 Å². The van der Waals surface area contributed by atoms with E-state index in [1.54, 1.807) is 13.3 Å². The monoisotopic (exact) mass is 414 g/mol. The van der Waals surface area contributed by atoms with Gasteiger partial charge in [0, 0.05) is 39.0 Å². The Hall–Kier alpha value is -2.84. The smallest absolute Gasteiger partial charge is 0.253 e. The van der Waals surface area contributed by atoms with Crippen LogP contribution in [0, 0.1) is 0 Å². The van der Waals surface area contributed by atoms with Crippen molar-refractivity contribution >= 4 is 17.6 Å². The number of amides is 1. The molecule has 162 valence electrons. The van der Waals surface area contributed by atoms with Crippen LogP contribution in [-0.2, 0) is 27.4 Å². The molecule has 3 N–H and O–H groups in total. The number of aliphatic imine (C=N–C) groups is 1. The molecule has 8 nitrogen and oxygen atoms in total. The van der Waals surface area contributed by atoms with Gasteiger partial charge in [0.1, 0.15) is 18.5 Å². The van der Waals surface area contributed by atoms with Crippen molar-refractivity contribution in [3.8, 4) is 0 Å². The maximum atomic E-state index is 12.2. The maximum absolute atomic E-state index is 12.2. The number of furan rings is 1. The minimum Gasteiger partial charge on any atom is -0.467 e. The first-order valence-corrected chi connectivity index (χ1v) is 10.3. The fraction of sp³-hybridized carbons (Fsp3) is 0.455. The minimum absolute atomic E-state index is 0.0793. The third-order valence-electron chi connectivity index (χ3n) is 4.68. The number of carbonyl (C=O) groups is 1. The largest absolute Gasteiger partial charge is 0.467 e. The van der Waals surface area contributed by atoms with Crippen LogP contribution >= 0.6 is 0 Å². The van der Waals surface area contributed by atoms with Gasteiger partial charge in [0.15, 0.2) is 5.96 Å². The van der Waals surface area contributed by atoms with E-state index in [1.165, 1.54) is 0 Å². The molecule has 30 heavy (non-hydrogen) atoms. The van der Waals surface area contributed by atoms with E-state index in [9.17, 15) is 4.79 Å². The van der Waals surface area contributed by atoms with Gasteiger partial charge in [-0.1, -0.05) is 12.1 Å². The molecule has 1 aromatic heterocycles. The van der Waals surface area contributed by atoms with E-state index in [4.69, 9.17) is 13.9 Å². The van der Waals surface area contributed by atoms with Crippen molar-refractivity contribution in [2.24, 2.45) is 4.99 Å². The second kappa shape index (κ2) is 12.0. The van der Waals surface area contributed by atoms with Gasteiger partial charge in [-0.05, 0) is 49.1 Å². The molecule has 1 aliphatic heterocycles. The molecular formula is C22H30N4O4. The van der Waals surface area contributed by atoms with Crippen LogP contribution in [-0.4, -0.2) is 44.8 Å². The highest BCUT2D eigenvalue weighted by molar-refractivity contribution is 5.94. The Balaban J connectivity index is 1.34. The van der Waals surface area contributed by atoms with E-state index in [0.717, 1.165) is 48.8 Å². The molecule has 0 saturated carbocycles. The molecule has 0 bridgehead atoms. The topological polar surface area (TPSA) is 97.1 Å². The highest BCUT2D eigenvalue weighted by Gasteiger charge is 2.23. The third kappa shape index (κ3) is 7.20. The highest BCUT2D eigenvalue weighted by atomic mass is 16.5. The summed E-state index contributed by atoms with van der Waals surface area (Å²) in [7, 11) is 1.74. The van der Waals surface area contributed by atoms with Crippen molar-refractivity contribution in [3.63, 3.8) is 0 Å². The number of hydrogen-bond acceptors (Lipinski definition) is 5. The van der Waals surface area contributed by atoms with Gasteiger partial charge in [-0.25, -0.2) is 0 Å². The number of nitrogens with zero attached hydrogens (tertiary/aromatic N) is 1. The predicted octanol–water partition coefficient (Wildman–Crippen LogP) is 2.67. The standard InChI is InChI=1S/C22H30N4O4/c1-23-22(24-10-5-11-28-16-19-8-3-12-29-19)25-15-17-6-2-7-18(14-17)26-21(27)20-9-4-13-30-20/h2-3,6-8,12,14,20H,4-5,9-11,13,15-16H2,1H3,(H,26,27)(H2,23,24,25). The van der Waals surface area contributed by atoms with E-state index < -0.39 is 0 Å². The SMILES string of the molecule is CN=C(NCCCOCc1ccco1)NCc1cccc(NC(=O)C2CCCO2)c1. The molecule has 1 fully saturated rings. The fourth-order valence-corrected chi connectivity index (χ4v) is 3.12. The van der Waals surface area contributed by atoms with Crippen molar-refractivity contribution in [3.05, 3.63) is 54.0 Å². The molecular weight excluding hydrogens is 384 g/mol. The average Bonchev–Trinajstić information content (AvgIpc) is 3.47. The lowest BCUT2D eigenvalue weighted by Gasteiger charge is -2.14. The molecule has 1 amide bonds. The van der Waals surface area contributed by atoms with Gasteiger partial charge in [0.25, 0.3) is 5.91 Å². The quantitative estimate of drug-likeness (QED) is 0.314. The maximum Gasteiger partial charge on any atom is 0.253 e. The van der Waals surface area contributed by atoms with Crippen LogP contribution in [0.15, 0.2) is 52.1 Å². The number of carbonyl (C=O) groups excluding carboxylic acids is 1. The lowest BCUT2D eigenvalue weighted by atomic mass is 10.2. The molecule has 1 saturated heterocycles. The molecule has 3 rings (SSSR count). The summed E-state index contributed by atoms with van der Waals surface area (Å²) in [6.07, 6.45) is 3.88. The van der Waals surface area contributed by atoms with Gasteiger partial charge in [-0.3, -0.25) is 9.79 Å². The van der Waals surface area contributed by atoms with Gasteiger partial charge in [-0.15, -0.1) is 0 Å². The molecule has 1 aliphatic rings. The number of nitrogens with one attached hydrogen (secondary N) is 3. The van der Waals surface area contributed by atoms with Crippen LogP contribution in [0.5, 0.6) is 0 Å². The summed E-state index contributed by atoms with van der Waals surface area (Å²) in [5, 5.41) is 9.48. The lowest BCUT2D eigenvalue weighted by Crippen LogP contribution is -2.37. The predicted molar refractivity (Wildman–Crippen MR) is 115 cm³/mol. The minimum atomic E-state index is -0.335. The molecule has 1 unspecified atom stereocenters. The Morgan fingerprint density at radius 3 is 2.97 bits per heavy atom. The highest BCUT2D eigenvalue weighted by Crippen LogP contribution is 2.16. The van der Waals surface area contributed by atoms with E-state index in [0.29, 0.717) is 26.4 Å². The second-order valence-corrected chi connectivity index (χ2v) is 7.03. The number of anilines is 1. The molecule has 0 spiro atoms. The summed E-state index contributed by atoms with van der Waals surface area (Å²) in [6, 6.07) is 11.5. The number of ether oxygens (including phenoxy) is 2. The van der Waals surface area contributed by atoms with Gasteiger partial charge in [0.05, 0.1) is 6.26 Å². The molecule has 0 aliphatic carbocycles. The Morgan fingerprint density at radius 2 is 2.20 bits per heavy atom. The summed E-state index contributed by atoms with van der Waals surface area (Å²) >= 11 is 0. The number of rotatable bonds is 10. The summed E-state index contributed by atoms with van der Waals surface area (Å²) in [5.74, 6) is 1.47.